The van der Waals surface area contributed by atoms with E-state index < -0.39 is 0 Å². The molecule has 0 saturated carbocycles. The zero-order valence-corrected chi connectivity index (χ0v) is 11.5. The molecule has 1 rings (SSSR count). The Balaban J connectivity index is 2.87. The maximum atomic E-state index is 12.2. The molecule has 0 bridgehead atoms. The number of aryl methyl sites for hydroxylation is 1. The first-order valence-corrected chi connectivity index (χ1v) is 6.12. The standard InChI is InChI=1S/C14H22N2O2/c1-9(2)12(8-18-4)16-14(17)13-10(3)6-5-7-11(13)15/h5-7,9,12H,8,15H2,1-4H3,(H,16,17). The van der Waals surface area contributed by atoms with E-state index >= 15 is 0 Å². The molecule has 0 aromatic heterocycles. The quantitative estimate of drug-likeness (QED) is 0.785. The number of carbonyl (C=O) groups excluding carboxylic acids is 1. The van der Waals surface area contributed by atoms with Gasteiger partial charge in [0.1, 0.15) is 0 Å². The first-order valence-electron chi connectivity index (χ1n) is 6.12. The minimum atomic E-state index is -0.138. The van der Waals surface area contributed by atoms with E-state index in [2.05, 4.69) is 5.32 Å². The third kappa shape index (κ3) is 3.47. The molecule has 0 aliphatic carbocycles. The van der Waals surface area contributed by atoms with Gasteiger partial charge in [0.15, 0.2) is 0 Å². The maximum absolute atomic E-state index is 12.2. The Labute approximate surface area is 109 Å². The van der Waals surface area contributed by atoms with E-state index in [0.717, 1.165) is 5.56 Å². The molecule has 18 heavy (non-hydrogen) atoms. The molecule has 4 nitrogen and oxygen atoms in total. The predicted octanol–water partition coefficient (Wildman–Crippen LogP) is 1.98. The third-order valence-corrected chi connectivity index (χ3v) is 3.00. The summed E-state index contributed by atoms with van der Waals surface area (Å²) in [6, 6.07) is 5.45. The van der Waals surface area contributed by atoms with E-state index in [1.54, 1.807) is 13.2 Å². The summed E-state index contributed by atoms with van der Waals surface area (Å²) < 4.78 is 5.12. The lowest BCUT2D eigenvalue weighted by Crippen LogP contribution is -2.42. The van der Waals surface area contributed by atoms with Gasteiger partial charge in [0, 0.05) is 12.8 Å². The fourth-order valence-electron chi connectivity index (χ4n) is 1.82. The number of anilines is 1. The van der Waals surface area contributed by atoms with Gasteiger partial charge in [-0.2, -0.15) is 0 Å². The van der Waals surface area contributed by atoms with E-state index in [4.69, 9.17) is 10.5 Å². The summed E-state index contributed by atoms with van der Waals surface area (Å²) in [4.78, 5) is 12.2. The fraction of sp³-hybridized carbons (Fsp3) is 0.500. The highest BCUT2D eigenvalue weighted by Gasteiger charge is 2.19. The van der Waals surface area contributed by atoms with E-state index in [-0.39, 0.29) is 11.9 Å². The van der Waals surface area contributed by atoms with Crippen molar-refractivity contribution >= 4 is 11.6 Å². The number of carbonyl (C=O) groups is 1. The molecule has 0 radical (unpaired) electrons. The molecule has 1 aromatic carbocycles. The summed E-state index contributed by atoms with van der Waals surface area (Å²) in [6.07, 6.45) is 0. The van der Waals surface area contributed by atoms with Crippen LogP contribution in [0, 0.1) is 12.8 Å². The summed E-state index contributed by atoms with van der Waals surface area (Å²) in [5.41, 5.74) is 7.80. The molecule has 0 saturated heterocycles. The van der Waals surface area contributed by atoms with E-state index in [0.29, 0.717) is 23.8 Å². The van der Waals surface area contributed by atoms with Gasteiger partial charge in [0.2, 0.25) is 0 Å². The van der Waals surface area contributed by atoms with Crippen molar-refractivity contribution in [3.8, 4) is 0 Å². The number of hydrogen-bond acceptors (Lipinski definition) is 3. The summed E-state index contributed by atoms with van der Waals surface area (Å²) in [7, 11) is 1.63. The summed E-state index contributed by atoms with van der Waals surface area (Å²) in [6.45, 7) is 6.47. The summed E-state index contributed by atoms with van der Waals surface area (Å²) >= 11 is 0. The molecule has 3 N–H and O–H groups in total. The maximum Gasteiger partial charge on any atom is 0.253 e. The van der Waals surface area contributed by atoms with Crippen LogP contribution in [0.2, 0.25) is 0 Å². The highest BCUT2D eigenvalue weighted by atomic mass is 16.5. The molecule has 0 spiro atoms. The molecule has 1 unspecified atom stereocenters. The van der Waals surface area contributed by atoms with E-state index in [1.807, 2.05) is 32.9 Å². The lowest BCUT2D eigenvalue weighted by molar-refractivity contribution is 0.0867. The predicted molar refractivity (Wildman–Crippen MR) is 73.6 cm³/mol. The Morgan fingerprint density at radius 3 is 2.61 bits per heavy atom. The van der Waals surface area contributed by atoms with Crippen LogP contribution < -0.4 is 11.1 Å². The number of nitrogens with two attached hydrogens (primary N) is 1. The smallest absolute Gasteiger partial charge is 0.253 e. The third-order valence-electron chi connectivity index (χ3n) is 3.00. The number of nitrogens with one attached hydrogen (secondary N) is 1. The second kappa shape index (κ2) is 6.40. The monoisotopic (exact) mass is 250 g/mol. The SMILES string of the molecule is COCC(NC(=O)c1c(C)cccc1N)C(C)C. The minimum absolute atomic E-state index is 0.0125. The Morgan fingerprint density at radius 1 is 1.44 bits per heavy atom. The van der Waals surface area contributed by atoms with Crippen molar-refractivity contribution in [2.24, 2.45) is 5.92 Å². The van der Waals surface area contributed by atoms with Crippen LogP contribution in [0.1, 0.15) is 29.8 Å². The molecule has 100 valence electrons. The van der Waals surface area contributed by atoms with Gasteiger partial charge in [-0.15, -0.1) is 0 Å². The van der Waals surface area contributed by atoms with Crippen molar-refractivity contribution in [3.05, 3.63) is 29.3 Å². The Kier molecular flexibility index (Phi) is 5.16. The van der Waals surface area contributed by atoms with Crippen LogP contribution in [-0.4, -0.2) is 25.7 Å². The highest BCUT2D eigenvalue weighted by Crippen LogP contribution is 2.16. The molecular formula is C14H22N2O2. The fourth-order valence-corrected chi connectivity index (χ4v) is 1.82. The van der Waals surface area contributed by atoms with Gasteiger partial charge in [-0.3, -0.25) is 4.79 Å². The van der Waals surface area contributed by atoms with Gasteiger partial charge < -0.3 is 15.8 Å². The van der Waals surface area contributed by atoms with Crippen molar-refractivity contribution in [2.75, 3.05) is 19.5 Å². The second-order valence-electron chi connectivity index (χ2n) is 4.82. The molecule has 0 aliphatic rings. The molecule has 0 aliphatic heterocycles. The molecule has 1 aromatic rings. The van der Waals surface area contributed by atoms with Crippen molar-refractivity contribution in [1.82, 2.24) is 5.32 Å². The van der Waals surface area contributed by atoms with Crippen LogP contribution in [0.3, 0.4) is 0 Å². The van der Waals surface area contributed by atoms with Gasteiger partial charge in [0.05, 0.1) is 18.2 Å². The molecule has 1 atom stereocenters. The number of methoxy groups -OCH3 is 1. The van der Waals surface area contributed by atoms with Crippen LogP contribution in [0.25, 0.3) is 0 Å². The molecule has 0 fully saturated rings. The normalized spacial score (nSPS) is 12.5. The van der Waals surface area contributed by atoms with Gasteiger partial charge in [-0.1, -0.05) is 26.0 Å². The summed E-state index contributed by atoms with van der Waals surface area (Å²) in [5, 5.41) is 2.97. The number of amides is 1. The number of ether oxygens (including phenoxy) is 1. The van der Waals surface area contributed by atoms with Crippen LogP contribution >= 0.6 is 0 Å². The molecular weight excluding hydrogens is 228 g/mol. The number of rotatable bonds is 5. The second-order valence-corrected chi connectivity index (χ2v) is 4.82. The van der Waals surface area contributed by atoms with Crippen LogP contribution in [0.5, 0.6) is 0 Å². The molecule has 1 amide bonds. The minimum Gasteiger partial charge on any atom is -0.398 e. The van der Waals surface area contributed by atoms with Crippen molar-refractivity contribution in [2.45, 2.75) is 26.8 Å². The van der Waals surface area contributed by atoms with Gasteiger partial charge in [-0.05, 0) is 24.5 Å². The van der Waals surface area contributed by atoms with Crippen LogP contribution in [0.4, 0.5) is 5.69 Å². The Morgan fingerprint density at radius 2 is 2.11 bits per heavy atom. The Bertz CT molecular complexity index is 396. The van der Waals surface area contributed by atoms with Crippen molar-refractivity contribution < 1.29 is 9.53 Å². The van der Waals surface area contributed by atoms with Crippen LogP contribution in [0.15, 0.2) is 18.2 Å². The van der Waals surface area contributed by atoms with Gasteiger partial charge >= 0.3 is 0 Å². The zero-order valence-electron chi connectivity index (χ0n) is 11.5. The van der Waals surface area contributed by atoms with E-state index in [9.17, 15) is 4.79 Å². The van der Waals surface area contributed by atoms with Crippen molar-refractivity contribution in [1.29, 1.82) is 0 Å². The number of hydrogen-bond donors (Lipinski definition) is 2. The highest BCUT2D eigenvalue weighted by molar-refractivity contribution is 6.00. The lowest BCUT2D eigenvalue weighted by atomic mass is 10.0. The largest absolute Gasteiger partial charge is 0.398 e. The number of benzene rings is 1. The average Bonchev–Trinajstić information content (AvgIpc) is 2.28. The lowest BCUT2D eigenvalue weighted by Gasteiger charge is -2.22. The average molecular weight is 250 g/mol. The van der Waals surface area contributed by atoms with E-state index in [1.165, 1.54) is 0 Å². The topological polar surface area (TPSA) is 64.3 Å². The first kappa shape index (κ1) is 14.5. The number of nitrogen functional groups attached to an aromatic ring is 1. The van der Waals surface area contributed by atoms with Gasteiger partial charge in [0.25, 0.3) is 5.91 Å². The Hall–Kier alpha value is -1.55. The summed E-state index contributed by atoms with van der Waals surface area (Å²) in [5.74, 6) is 0.167. The molecule has 0 heterocycles. The van der Waals surface area contributed by atoms with Gasteiger partial charge in [-0.25, -0.2) is 0 Å². The zero-order chi connectivity index (χ0) is 13.7. The molecule has 4 heteroatoms. The van der Waals surface area contributed by atoms with Crippen LogP contribution in [-0.2, 0) is 4.74 Å². The first-order chi connectivity index (χ1) is 8.47. The van der Waals surface area contributed by atoms with Crippen molar-refractivity contribution in [3.63, 3.8) is 0 Å².